The first-order valence-electron chi connectivity index (χ1n) is 6.34. The van der Waals surface area contributed by atoms with E-state index < -0.39 is 6.10 Å². The molecule has 0 aromatic heterocycles. The molecule has 2 atom stereocenters. The standard InChI is InChI=1S/C15H19FN2O2/c1-5-8-18-15(19)11(3)20-12-6-7-13(10(2)17-4)14(16)9-12/h1,6-7,9-11,17H,8H2,2-4H3,(H,18,19). The van der Waals surface area contributed by atoms with E-state index in [1.807, 2.05) is 6.92 Å². The van der Waals surface area contributed by atoms with E-state index >= 15 is 0 Å². The highest BCUT2D eigenvalue weighted by molar-refractivity contribution is 5.80. The molecule has 2 unspecified atom stereocenters. The lowest BCUT2D eigenvalue weighted by Crippen LogP contribution is -2.36. The van der Waals surface area contributed by atoms with Crippen LogP contribution in [0.25, 0.3) is 0 Å². The Morgan fingerprint density at radius 3 is 2.75 bits per heavy atom. The topological polar surface area (TPSA) is 50.4 Å². The minimum Gasteiger partial charge on any atom is -0.481 e. The van der Waals surface area contributed by atoms with Crippen LogP contribution < -0.4 is 15.4 Å². The van der Waals surface area contributed by atoms with Crippen LogP contribution in [-0.2, 0) is 4.79 Å². The number of benzene rings is 1. The molecule has 1 amide bonds. The van der Waals surface area contributed by atoms with Crippen molar-refractivity contribution in [2.75, 3.05) is 13.6 Å². The van der Waals surface area contributed by atoms with Crippen LogP contribution in [0, 0.1) is 18.2 Å². The SMILES string of the molecule is C#CCNC(=O)C(C)Oc1ccc(C(C)NC)c(F)c1. The van der Waals surface area contributed by atoms with E-state index in [0.717, 1.165) is 0 Å². The Hall–Kier alpha value is -2.06. The minimum atomic E-state index is -0.740. The fourth-order valence-electron chi connectivity index (χ4n) is 1.63. The molecule has 1 rings (SSSR count). The molecule has 0 aliphatic rings. The largest absolute Gasteiger partial charge is 0.481 e. The van der Waals surface area contributed by atoms with Crippen molar-refractivity contribution in [3.63, 3.8) is 0 Å². The van der Waals surface area contributed by atoms with E-state index in [1.165, 1.54) is 6.07 Å². The maximum atomic E-state index is 13.9. The summed E-state index contributed by atoms with van der Waals surface area (Å²) in [5.74, 6) is 1.89. The van der Waals surface area contributed by atoms with Gasteiger partial charge in [-0.05, 0) is 27.0 Å². The number of rotatable bonds is 6. The van der Waals surface area contributed by atoms with Crippen molar-refractivity contribution in [1.82, 2.24) is 10.6 Å². The second-order valence-corrected chi connectivity index (χ2v) is 4.38. The summed E-state index contributed by atoms with van der Waals surface area (Å²) in [6, 6.07) is 4.45. The number of hydrogen-bond donors (Lipinski definition) is 2. The van der Waals surface area contributed by atoms with Crippen LogP contribution in [0.4, 0.5) is 4.39 Å². The summed E-state index contributed by atoms with van der Waals surface area (Å²) in [6.07, 6.45) is 4.31. The third kappa shape index (κ3) is 4.25. The van der Waals surface area contributed by atoms with E-state index in [2.05, 4.69) is 16.6 Å². The second kappa shape index (κ2) is 7.51. The number of carbonyl (C=O) groups excluding carboxylic acids is 1. The zero-order valence-electron chi connectivity index (χ0n) is 11.9. The first kappa shape index (κ1) is 16.0. The van der Waals surface area contributed by atoms with Crippen LogP contribution in [0.15, 0.2) is 18.2 Å². The average Bonchev–Trinajstić information content (AvgIpc) is 2.44. The number of halogens is 1. The normalized spacial score (nSPS) is 13.2. The van der Waals surface area contributed by atoms with Crippen molar-refractivity contribution in [3.8, 4) is 18.1 Å². The molecule has 4 nitrogen and oxygen atoms in total. The first-order chi connectivity index (χ1) is 9.49. The lowest BCUT2D eigenvalue weighted by Gasteiger charge is -2.16. The predicted molar refractivity (Wildman–Crippen MR) is 75.8 cm³/mol. The molecular formula is C15H19FN2O2. The van der Waals surface area contributed by atoms with E-state index in [1.54, 1.807) is 26.1 Å². The number of amides is 1. The monoisotopic (exact) mass is 278 g/mol. The average molecular weight is 278 g/mol. The minimum absolute atomic E-state index is 0.0969. The van der Waals surface area contributed by atoms with Gasteiger partial charge >= 0.3 is 0 Å². The number of carbonyl (C=O) groups is 1. The summed E-state index contributed by atoms with van der Waals surface area (Å²) in [5.41, 5.74) is 0.546. The van der Waals surface area contributed by atoms with Crippen LogP contribution in [0.2, 0.25) is 0 Å². The van der Waals surface area contributed by atoms with Crippen LogP contribution in [0.1, 0.15) is 25.5 Å². The molecular weight excluding hydrogens is 259 g/mol. The highest BCUT2D eigenvalue weighted by Crippen LogP contribution is 2.22. The first-order valence-corrected chi connectivity index (χ1v) is 6.34. The van der Waals surface area contributed by atoms with Crippen LogP contribution in [0.3, 0.4) is 0 Å². The molecule has 0 heterocycles. The second-order valence-electron chi connectivity index (χ2n) is 4.38. The molecule has 0 bridgehead atoms. The molecule has 108 valence electrons. The Balaban J connectivity index is 2.72. The summed E-state index contributed by atoms with van der Waals surface area (Å²) in [4.78, 5) is 11.6. The summed E-state index contributed by atoms with van der Waals surface area (Å²) in [6.45, 7) is 3.57. The van der Waals surface area contributed by atoms with Crippen molar-refractivity contribution >= 4 is 5.91 Å². The Morgan fingerprint density at radius 1 is 1.50 bits per heavy atom. The zero-order valence-corrected chi connectivity index (χ0v) is 11.9. The number of terminal acetylenes is 1. The molecule has 0 radical (unpaired) electrons. The van der Waals surface area contributed by atoms with Gasteiger partial charge < -0.3 is 15.4 Å². The molecule has 0 aliphatic heterocycles. The molecule has 1 aromatic rings. The van der Waals surface area contributed by atoms with Gasteiger partial charge in [-0.3, -0.25) is 4.79 Å². The number of nitrogens with one attached hydrogen (secondary N) is 2. The van der Waals surface area contributed by atoms with Gasteiger partial charge in [-0.1, -0.05) is 12.0 Å². The van der Waals surface area contributed by atoms with Gasteiger partial charge in [0.25, 0.3) is 5.91 Å². The fourth-order valence-corrected chi connectivity index (χ4v) is 1.63. The summed E-state index contributed by atoms with van der Waals surface area (Å²) < 4.78 is 19.3. The van der Waals surface area contributed by atoms with Crippen molar-refractivity contribution < 1.29 is 13.9 Å². The summed E-state index contributed by atoms with van der Waals surface area (Å²) in [5, 5.41) is 5.46. The Labute approximate surface area is 118 Å². The highest BCUT2D eigenvalue weighted by atomic mass is 19.1. The number of hydrogen-bond acceptors (Lipinski definition) is 3. The molecule has 0 saturated carbocycles. The van der Waals surface area contributed by atoms with Gasteiger partial charge in [-0.15, -0.1) is 6.42 Å². The van der Waals surface area contributed by atoms with Crippen LogP contribution in [0.5, 0.6) is 5.75 Å². The Morgan fingerprint density at radius 2 is 2.20 bits per heavy atom. The van der Waals surface area contributed by atoms with Gasteiger partial charge in [0.15, 0.2) is 6.10 Å². The maximum absolute atomic E-state index is 13.9. The van der Waals surface area contributed by atoms with Gasteiger partial charge in [0.2, 0.25) is 0 Å². The van der Waals surface area contributed by atoms with Gasteiger partial charge in [0, 0.05) is 17.7 Å². The lowest BCUT2D eigenvalue weighted by atomic mass is 10.1. The molecule has 20 heavy (non-hydrogen) atoms. The lowest BCUT2D eigenvalue weighted by molar-refractivity contribution is -0.127. The van der Waals surface area contributed by atoms with Crippen molar-refractivity contribution in [1.29, 1.82) is 0 Å². The van der Waals surface area contributed by atoms with Crippen LogP contribution in [-0.4, -0.2) is 25.6 Å². The highest BCUT2D eigenvalue weighted by Gasteiger charge is 2.15. The molecule has 0 aliphatic carbocycles. The third-order valence-electron chi connectivity index (χ3n) is 2.92. The quantitative estimate of drug-likeness (QED) is 0.778. The Kier molecular flexibility index (Phi) is 6.01. The van der Waals surface area contributed by atoms with Crippen molar-refractivity contribution in [3.05, 3.63) is 29.6 Å². The van der Waals surface area contributed by atoms with E-state index in [9.17, 15) is 9.18 Å². The Bertz CT molecular complexity index is 511. The van der Waals surface area contributed by atoms with Gasteiger partial charge in [-0.2, -0.15) is 0 Å². The van der Waals surface area contributed by atoms with Crippen LogP contribution >= 0.6 is 0 Å². The van der Waals surface area contributed by atoms with Gasteiger partial charge in [0.05, 0.1) is 6.54 Å². The zero-order chi connectivity index (χ0) is 15.1. The van der Waals surface area contributed by atoms with Gasteiger partial charge in [-0.25, -0.2) is 4.39 Å². The molecule has 1 aromatic carbocycles. The van der Waals surface area contributed by atoms with E-state index in [-0.39, 0.29) is 24.3 Å². The maximum Gasteiger partial charge on any atom is 0.261 e. The summed E-state index contributed by atoms with van der Waals surface area (Å²) >= 11 is 0. The molecule has 2 N–H and O–H groups in total. The van der Waals surface area contributed by atoms with Gasteiger partial charge in [0.1, 0.15) is 11.6 Å². The van der Waals surface area contributed by atoms with Crippen molar-refractivity contribution in [2.45, 2.75) is 26.0 Å². The predicted octanol–water partition coefficient (Wildman–Crippen LogP) is 1.62. The molecule has 5 heteroatoms. The molecule has 0 saturated heterocycles. The smallest absolute Gasteiger partial charge is 0.261 e. The van der Waals surface area contributed by atoms with E-state index in [0.29, 0.717) is 11.3 Å². The summed E-state index contributed by atoms with van der Waals surface area (Å²) in [7, 11) is 1.76. The third-order valence-corrected chi connectivity index (χ3v) is 2.92. The number of ether oxygens (including phenoxy) is 1. The molecule has 0 spiro atoms. The molecule has 0 fully saturated rings. The van der Waals surface area contributed by atoms with Crippen molar-refractivity contribution in [2.24, 2.45) is 0 Å². The van der Waals surface area contributed by atoms with E-state index in [4.69, 9.17) is 11.2 Å². The fraction of sp³-hybridized carbons (Fsp3) is 0.400.